The Bertz CT molecular complexity index is 900. The highest BCUT2D eigenvalue weighted by molar-refractivity contribution is 5.84. The molecule has 1 saturated heterocycles. The van der Waals surface area contributed by atoms with Crippen LogP contribution in [0.1, 0.15) is 24.3 Å². The van der Waals surface area contributed by atoms with Crippen LogP contribution in [0.25, 0.3) is 11.1 Å². The number of methoxy groups -OCH3 is 1. The number of nitrogens with zero attached hydrogens (tertiary/aromatic N) is 2. The number of nitriles is 1. The molecule has 1 heterocycles. The highest BCUT2D eigenvalue weighted by atomic mass is 16.5. The molecule has 0 unspecified atom stereocenters. The first-order valence-corrected chi connectivity index (χ1v) is 9.26. The number of hydrogen-bond acceptors (Lipinski definition) is 4. The van der Waals surface area contributed by atoms with Gasteiger partial charge in [0.05, 0.1) is 25.8 Å². The first-order valence-electron chi connectivity index (χ1n) is 9.26. The van der Waals surface area contributed by atoms with Gasteiger partial charge in [-0.3, -0.25) is 4.79 Å². The Morgan fingerprint density at radius 3 is 2.48 bits per heavy atom. The van der Waals surface area contributed by atoms with Gasteiger partial charge in [0.1, 0.15) is 11.8 Å². The lowest BCUT2D eigenvalue weighted by atomic mass is 9.73. The van der Waals surface area contributed by atoms with E-state index in [2.05, 4.69) is 6.07 Å². The highest BCUT2D eigenvalue weighted by Crippen LogP contribution is 2.47. The zero-order valence-electron chi connectivity index (χ0n) is 15.2. The van der Waals surface area contributed by atoms with E-state index in [4.69, 9.17) is 4.74 Å². The van der Waals surface area contributed by atoms with Crippen molar-refractivity contribution in [3.8, 4) is 22.9 Å². The summed E-state index contributed by atoms with van der Waals surface area (Å²) in [5, 5.41) is 19.8. The third-order valence-corrected chi connectivity index (χ3v) is 5.63. The molecule has 2 fully saturated rings. The van der Waals surface area contributed by atoms with Gasteiger partial charge in [-0.1, -0.05) is 42.5 Å². The van der Waals surface area contributed by atoms with Gasteiger partial charge in [0.15, 0.2) is 0 Å². The summed E-state index contributed by atoms with van der Waals surface area (Å²) in [6, 6.07) is 17.0. The molecule has 5 heteroatoms. The van der Waals surface area contributed by atoms with Crippen molar-refractivity contribution in [3.63, 3.8) is 0 Å². The molecule has 0 spiro atoms. The number of aliphatic hydroxyl groups excluding tert-OH is 1. The van der Waals surface area contributed by atoms with Crippen LogP contribution in [-0.4, -0.2) is 41.7 Å². The number of para-hydroxylation sites is 1. The molecule has 4 rings (SSSR count). The van der Waals surface area contributed by atoms with Gasteiger partial charge in [0.25, 0.3) is 0 Å². The van der Waals surface area contributed by atoms with E-state index < -0.39 is 6.04 Å². The molecular weight excluding hydrogens is 340 g/mol. The van der Waals surface area contributed by atoms with Crippen molar-refractivity contribution in [2.75, 3.05) is 13.7 Å². The molecular formula is C22H22N2O3. The lowest BCUT2D eigenvalue weighted by Crippen LogP contribution is -2.65. The van der Waals surface area contributed by atoms with E-state index in [-0.39, 0.29) is 30.4 Å². The molecule has 3 atom stereocenters. The summed E-state index contributed by atoms with van der Waals surface area (Å²) < 4.78 is 5.51. The molecule has 1 saturated carbocycles. The van der Waals surface area contributed by atoms with Crippen molar-refractivity contribution in [1.82, 2.24) is 4.90 Å². The van der Waals surface area contributed by atoms with E-state index in [1.165, 1.54) is 0 Å². The minimum absolute atomic E-state index is 0.00613. The van der Waals surface area contributed by atoms with Crippen LogP contribution in [0.2, 0.25) is 0 Å². The smallest absolute Gasteiger partial charge is 0.227 e. The molecule has 1 amide bonds. The molecule has 5 nitrogen and oxygen atoms in total. The number of carbonyl (C=O) groups excluding carboxylic acids is 1. The quantitative estimate of drug-likeness (QED) is 0.887. The minimum Gasteiger partial charge on any atom is -0.496 e. The number of benzene rings is 2. The van der Waals surface area contributed by atoms with Crippen molar-refractivity contribution >= 4 is 5.91 Å². The predicted molar refractivity (Wildman–Crippen MR) is 101 cm³/mol. The number of aliphatic hydroxyl groups is 1. The molecule has 2 aromatic rings. The fourth-order valence-corrected chi connectivity index (χ4v) is 4.12. The zero-order chi connectivity index (χ0) is 19.0. The lowest BCUT2D eigenvalue weighted by Gasteiger charge is -2.52. The van der Waals surface area contributed by atoms with Crippen molar-refractivity contribution < 1.29 is 14.6 Å². The fraction of sp³-hybridized carbons (Fsp3) is 0.364. The van der Waals surface area contributed by atoms with Gasteiger partial charge in [-0.2, -0.15) is 5.26 Å². The number of amides is 1. The highest BCUT2D eigenvalue weighted by Gasteiger charge is 2.54. The number of hydrogen-bond donors (Lipinski definition) is 1. The SMILES string of the molecule is COc1ccccc1-c1ccccc1[C@H]1[C@@H](CO)N(C(=O)C2CC2)[C@H]1C#N. The number of likely N-dealkylation sites (tertiary alicyclic amines) is 1. The van der Waals surface area contributed by atoms with Gasteiger partial charge in [-0.15, -0.1) is 0 Å². The minimum atomic E-state index is -0.550. The molecule has 0 aromatic heterocycles. The van der Waals surface area contributed by atoms with E-state index in [9.17, 15) is 15.2 Å². The zero-order valence-corrected chi connectivity index (χ0v) is 15.2. The van der Waals surface area contributed by atoms with Crippen LogP contribution in [0.15, 0.2) is 48.5 Å². The summed E-state index contributed by atoms with van der Waals surface area (Å²) >= 11 is 0. The molecule has 2 aromatic carbocycles. The molecule has 2 aliphatic rings. The third-order valence-electron chi connectivity index (χ3n) is 5.63. The number of ether oxygens (including phenoxy) is 1. The summed E-state index contributed by atoms with van der Waals surface area (Å²) in [4.78, 5) is 14.2. The number of carbonyl (C=O) groups is 1. The van der Waals surface area contributed by atoms with E-state index >= 15 is 0 Å². The van der Waals surface area contributed by atoms with E-state index in [0.717, 1.165) is 35.3 Å². The molecule has 27 heavy (non-hydrogen) atoms. The van der Waals surface area contributed by atoms with Gasteiger partial charge < -0.3 is 14.7 Å². The second-order valence-corrected chi connectivity index (χ2v) is 7.16. The Balaban J connectivity index is 1.75. The van der Waals surface area contributed by atoms with Crippen LogP contribution in [0, 0.1) is 17.2 Å². The lowest BCUT2D eigenvalue weighted by molar-refractivity contribution is -0.148. The average Bonchev–Trinajstić information content (AvgIpc) is 3.53. The van der Waals surface area contributed by atoms with Crippen LogP contribution in [0.3, 0.4) is 0 Å². The molecule has 0 bridgehead atoms. The standard InChI is InChI=1S/C22H22N2O3/c1-27-20-9-5-4-7-16(20)15-6-2-3-8-17(15)21-18(12-23)24(19(21)13-25)22(26)14-10-11-14/h2-9,14,18-19,21,25H,10-11,13H2,1H3/t18-,19+,21+/m0/s1. The summed E-state index contributed by atoms with van der Waals surface area (Å²) in [5.41, 5.74) is 2.88. The average molecular weight is 362 g/mol. The van der Waals surface area contributed by atoms with Crippen LogP contribution >= 0.6 is 0 Å². The third kappa shape index (κ3) is 2.87. The van der Waals surface area contributed by atoms with Crippen molar-refractivity contribution in [2.24, 2.45) is 5.92 Å². The maximum atomic E-state index is 12.6. The summed E-state index contributed by atoms with van der Waals surface area (Å²) in [7, 11) is 1.63. The van der Waals surface area contributed by atoms with E-state index in [1.54, 1.807) is 12.0 Å². The molecule has 1 N–H and O–H groups in total. The first kappa shape index (κ1) is 17.6. The maximum absolute atomic E-state index is 12.6. The summed E-state index contributed by atoms with van der Waals surface area (Å²) in [6.07, 6.45) is 1.77. The van der Waals surface area contributed by atoms with Gasteiger partial charge in [-0.05, 0) is 30.0 Å². The Labute approximate surface area is 158 Å². The molecule has 0 radical (unpaired) electrons. The normalized spacial score (nSPS) is 24.0. The van der Waals surface area contributed by atoms with Gasteiger partial charge in [-0.25, -0.2) is 0 Å². The Morgan fingerprint density at radius 1 is 1.19 bits per heavy atom. The largest absolute Gasteiger partial charge is 0.496 e. The summed E-state index contributed by atoms with van der Waals surface area (Å²) in [6.45, 7) is -0.151. The van der Waals surface area contributed by atoms with Crippen LogP contribution in [0.4, 0.5) is 0 Å². The van der Waals surface area contributed by atoms with Crippen LogP contribution < -0.4 is 4.74 Å². The van der Waals surface area contributed by atoms with E-state index in [0.29, 0.717) is 0 Å². The Morgan fingerprint density at radius 2 is 1.85 bits per heavy atom. The monoisotopic (exact) mass is 362 g/mol. The predicted octanol–water partition coefficient (Wildman–Crippen LogP) is 2.95. The second kappa shape index (κ2) is 7.05. The molecule has 1 aliphatic heterocycles. The van der Waals surface area contributed by atoms with Gasteiger partial charge in [0.2, 0.25) is 5.91 Å². The van der Waals surface area contributed by atoms with Crippen LogP contribution in [0.5, 0.6) is 5.75 Å². The van der Waals surface area contributed by atoms with Crippen molar-refractivity contribution in [3.05, 3.63) is 54.1 Å². The second-order valence-electron chi connectivity index (χ2n) is 7.16. The Hall–Kier alpha value is -2.84. The Kier molecular flexibility index (Phi) is 4.59. The first-order chi connectivity index (χ1) is 13.2. The molecule has 138 valence electrons. The van der Waals surface area contributed by atoms with Gasteiger partial charge in [0, 0.05) is 17.4 Å². The van der Waals surface area contributed by atoms with E-state index in [1.807, 2.05) is 48.5 Å². The number of rotatable bonds is 5. The van der Waals surface area contributed by atoms with Crippen molar-refractivity contribution in [1.29, 1.82) is 5.26 Å². The summed E-state index contributed by atoms with van der Waals surface area (Å²) in [5.74, 6) is 0.569. The fourth-order valence-electron chi connectivity index (χ4n) is 4.12. The molecule has 1 aliphatic carbocycles. The maximum Gasteiger partial charge on any atom is 0.227 e. The topological polar surface area (TPSA) is 73.6 Å². The van der Waals surface area contributed by atoms with Gasteiger partial charge >= 0.3 is 0 Å². The van der Waals surface area contributed by atoms with Crippen molar-refractivity contribution in [2.45, 2.75) is 30.8 Å². The van der Waals surface area contributed by atoms with Crippen LogP contribution in [-0.2, 0) is 4.79 Å².